The molecule has 0 N–H and O–H groups in total. The van der Waals surface area contributed by atoms with Crippen LogP contribution in [0.1, 0.15) is 30.4 Å². The largest absolute Gasteiger partial charge is 0.376 e. The van der Waals surface area contributed by atoms with E-state index in [-0.39, 0.29) is 12.0 Å². The number of carbonyl (C=O) groups excluding carboxylic acids is 1. The van der Waals surface area contributed by atoms with Gasteiger partial charge in [0.15, 0.2) is 0 Å². The summed E-state index contributed by atoms with van der Waals surface area (Å²) >= 11 is 0. The third kappa shape index (κ3) is 4.93. The minimum Gasteiger partial charge on any atom is -0.376 e. The van der Waals surface area contributed by atoms with Crippen LogP contribution in [0.3, 0.4) is 0 Å². The number of rotatable bonds is 7. The third-order valence-corrected chi connectivity index (χ3v) is 4.49. The predicted octanol–water partition coefficient (Wildman–Crippen LogP) is 3.83. The summed E-state index contributed by atoms with van der Waals surface area (Å²) in [6.45, 7) is 2.18. The Morgan fingerprint density at radius 1 is 1.00 bits per heavy atom. The van der Waals surface area contributed by atoms with Crippen molar-refractivity contribution in [2.75, 3.05) is 13.2 Å². The van der Waals surface area contributed by atoms with E-state index >= 15 is 0 Å². The average Bonchev–Trinajstić information content (AvgIpc) is 3.14. The number of hydrogen-bond acceptors (Lipinski definition) is 2. The molecule has 1 atom stereocenters. The highest BCUT2D eigenvalue weighted by molar-refractivity contribution is 5.76. The topological polar surface area (TPSA) is 29.5 Å². The molecule has 1 unspecified atom stereocenters. The summed E-state index contributed by atoms with van der Waals surface area (Å²) in [5, 5.41) is 0. The van der Waals surface area contributed by atoms with Crippen LogP contribution in [-0.2, 0) is 22.5 Å². The van der Waals surface area contributed by atoms with E-state index in [0.717, 1.165) is 25.9 Å². The van der Waals surface area contributed by atoms with Crippen LogP contribution in [0.5, 0.6) is 0 Å². The lowest BCUT2D eigenvalue weighted by molar-refractivity contribution is -0.133. The molecule has 0 spiro atoms. The highest BCUT2D eigenvalue weighted by atomic mass is 16.5. The van der Waals surface area contributed by atoms with Crippen molar-refractivity contribution in [3.8, 4) is 0 Å². The van der Waals surface area contributed by atoms with E-state index in [4.69, 9.17) is 4.74 Å². The Kier molecular flexibility index (Phi) is 6.02. The van der Waals surface area contributed by atoms with Gasteiger partial charge in [-0.25, -0.2) is 0 Å². The zero-order valence-electron chi connectivity index (χ0n) is 14.1. The van der Waals surface area contributed by atoms with Gasteiger partial charge < -0.3 is 9.64 Å². The molecule has 1 heterocycles. The molecule has 2 aromatic carbocycles. The fourth-order valence-corrected chi connectivity index (χ4v) is 3.15. The maximum atomic E-state index is 12.8. The second-order valence-corrected chi connectivity index (χ2v) is 6.38. The minimum atomic E-state index is 0.189. The lowest BCUT2D eigenvalue weighted by Gasteiger charge is -2.26. The smallest absolute Gasteiger partial charge is 0.223 e. The van der Waals surface area contributed by atoms with Crippen LogP contribution in [0.2, 0.25) is 0 Å². The number of hydrogen-bond donors (Lipinski definition) is 0. The molecule has 126 valence electrons. The zero-order valence-corrected chi connectivity index (χ0v) is 14.1. The van der Waals surface area contributed by atoms with E-state index < -0.39 is 0 Å². The summed E-state index contributed by atoms with van der Waals surface area (Å²) in [5.74, 6) is 0.207. The second kappa shape index (κ2) is 8.65. The molecule has 1 amide bonds. The van der Waals surface area contributed by atoms with Crippen molar-refractivity contribution in [3.63, 3.8) is 0 Å². The van der Waals surface area contributed by atoms with E-state index in [9.17, 15) is 4.79 Å². The third-order valence-electron chi connectivity index (χ3n) is 4.49. The highest BCUT2D eigenvalue weighted by Crippen LogP contribution is 2.16. The molecule has 1 fully saturated rings. The van der Waals surface area contributed by atoms with Crippen molar-refractivity contribution in [2.45, 2.75) is 38.3 Å². The Balaban J connectivity index is 1.62. The van der Waals surface area contributed by atoms with E-state index in [1.807, 2.05) is 41.3 Å². The summed E-state index contributed by atoms with van der Waals surface area (Å²) in [5.41, 5.74) is 2.38. The molecule has 2 aromatic rings. The zero-order chi connectivity index (χ0) is 16.6. The maximum absolute atomic E-state index is 12.8. The number of aryl methyl sites for hydroxylation is 1. The number of benzene rings is 2. The molecule has 3 heteroatoms. The van der Waals surface area contributed by atoms with Gasteiger partial charge in [0.05, 0.1) is 6.10 Å². The van der Waals surface area contributed by atoms with E-state index in [0.29, 0.717) is 19.5 Å². The number of amides is 1. The quantitative estimate of drug-likeness (QED) is 0.775. The van der Waals surface area contributed by atoms with Crippen LogP contribution in [-0.4, -0.2) is 30.1 Å². The molecule has 0 aliphatic carbocycles. The van der Waals surface area contributed by atoms with E-state index in [2.05, 4.69) is 24.3 Å². The Hall–Kier alpha value is -2.13. The van der Waals surface area contributed by atoms with Crippen molar-refractivity contribution in [1.82, 2.24) is 4.90 Å². The summed E-state index contributed by atoms with van der Waals surface area (Å²) < 4.78 is 5.74. The van der Waals surface area contributed by atoms with Crippen molar-refractivity contribution in [3.05, 3.63) is 71.8 Å². The first-order valence-corrected chi connectivity index (χ1v) is 8.78. The molecule has 3 rings (SSSR count). The van der Waals surface area contributed by atoms with Gasteiger partial charge in [0.25, 0.3) is 0 Å². The van der Waals surface area contributed by atoms with Crippen LogP contribution in [0.15, 0.2) is 60.7 Å². The van der Waals surface area contributed by atoms with Crippen molar-refractivity contribution >= 4 is 5.91 Å². The summed E-state index contributed by atoms with van der Waals surface area (Å²) in [6.07, 6.45) is 3.67. The van der Waals surface area contributed by atoms with Gasteiger partial charge in [-0.05, 0) is 30.4 Å². The van der Waals surface area contributed by atoms with Crippen molar-refractivity contribution in [1.29, 1.82) is 0 Å². The standard InChI is InChI=1S/C21H25NO2/c23-21(14-13-18-8-3-1-4-9-18)22(17-20-12-7-15-24-20)16-19-10-5-2-6-11-19/h1-6,8-11,20H,7,12-17H2. The molecule has 0 radical (unpaired) electrons. The average molecular weight is 323 g/mol. The van der Waals surface area contributed by atoms with Gasteiger partial charge in [-0.1, -0.05) is 60.7 Å². The first-order chi connectivity index (χ1) is 11.8. The Bertz CT molecular complexity index is 621. The number of nitrogens with zero attached hydrogens (tertiary/aromatic N) is 1. The summed E-state index contributed by atoms with van der Waals surface area (Å²) in [7, 11) is 0. The van der Waals surface area contributed by atoms with Gasteiger partial charge >= 0.3 is 0 Å². The van der Waals surface area contributed by atoms with Crippen LogP contribution >= 0.6 is 0 Å². The summed E-state index contributed by atoms with van der Waals surface area (Å²) in [4.78, 5) is 14.7. The van der Waals surface area contributed by atoms with Gasteiger partial charge in [-0.15, -0.1) is 0 Å². The Morgan fingerprint density at radius 3 is 2.29 bits per heavy atom. The minimum absolute atomic E-state index is 0.189. The molecule has 3 nitrogen and oxygen atoms in total. The van der Waals surface area contributed by atoms with Crippen LogP contribution in [0.25, 0.3) is 0 Å². The summed E-state index contributed by atoms with van der Waals surface area (Å²) in [6, 6.07) is 20.4. The maximum Gasteiger partial charge on any atom is 0.223 e. The van der Waals surface area contributed by atoms with Crippen molar-refractivity contribution < 1.29 is 9.53 Å². The monoisotopic (exact) mass is 323 g/mol. The molecule has 0 saturated carbocycles. The molecule has 24 heavy (non-hydrogen) atoms. The van der Waals surface area contributed by atoms with Gasteiger partial charge in [-0.3, -0.25) is 4.79 Å². The second-order valence-electron chi connectivity index (χ2n) is 6.38. The molecule has 1 aliphatic rings. The highest BCUT2D eigenvalue weighted by Gasteiger charge is 2.22. The molecular weight excluding hydrogens is 298 g/mol. The first-order valence-electron chi connectivity index (χ1n) is 8.78. The fraction of sp³-hybridized carbons (Fsp3) is 0.381. The van der Waals surface area contributed by atoms with Crippen LogP contribution in [0.4, 0.5) is 0 Å². The molecule has 1 aliphatic heterocycles. The SMILES string of the molecule is O=C(CCc1ccccc1)N(Cc1ccccc1)CC1CCCO1. The lowest BCUT2D eigenvalue weighted by atomic mass is 10.1. The van der Waals surface area contributed by atoms with Gasteiger partial charge in [0.1, 0.15) is 0 Å². The number of ether oxygens (including phenoxy) is 1. The van der Waals surface area contributed by atoms with Gasteiger partial charge in [0, 0.05) is 26.1 Å². The van der Waals surface area contributed by atoms with Crippen molar-refractivity contribution in [2.24, 2.45) is 0 Å². The van der Waals surface area contributed by atoms with Crippen LogP contribution < -0.4 is 0 Å². The Morgan fingerprint density at radius 2 is 1.67 bits per heavy atom. The van der Waals surface area contributed by atoms with Gasteiger partial charge in [0.2, 0.25) is 5.91 Å². The molecule has 0 bridgehead atoms. The molecule has 1 saturated heterocycles. The van der Waals surface area contributed by atoms with E-state index in [1.165, 1.54) is 11.1 Å². The normalized spacial score (nSPS) is 16.9. The molecular formula is C21H25NO2. The Labute approximate surface area is 144 Å². The molecule has 0 aromatic heterocycles. The van der Waals surface area contributed by atoms with E-state index in [1.54, 1.807) is 0 Å². The predicted molar refractivity (Wildman–Crippen MR) is 95.6 cm³/mol. The fourth-order valence-electron chi connectivity index (χ4n) is 3.15. The lowest BCUT2D eigenvalue weighted by Crippen LogP contribution is -2.37. The van der Waals surface area contributed by atoms with Gasteiger partial charge in [-0.2, -0.15) is 0 Å². The number of carbonyl (C=O) groups is 1. The first kappa shape index (κ1) is 16.7. The van der Waals surface area contributed by atoms with Crippen LogP contribution in [0, 0.1) is 0 Å².